The van der Waals surface area contributed by atoms with Gasteiger partial charge >= 0.3 is 5.97 Å². The van der Waals surface area contributed by atoms with Gasteiger partial charge < -0.3 is 20.1 Å². The van der Waals surface area contributed by atoms with Crippen molar-refractivity contribution in [2.45, 2.75) is 64.1 Å². The van der Waals surface area contributed by atoms with Crippen molar-refractivity contribution in [3.8, 4) is 0 Å². The highest BCUT2D eigenvalue weighted by atomic mass is 16.5. The Hall–Kier alpha value is -0.650. The third-order valence-corrected chi connectivity index (χ3v) is 4.33. The van der Waals surface area contributed by atoms with Crippen LogP contribution in [0.3, 0.4) is 0 Å². The molecule has 0 aromatic heterocycles. The van der Waals surface area contributed by atoms with Crippen LogP contribution in [0.5, 0.6) is 0 Å². The molecule has 1 rings (SSSR count). The Morgan fingerprint density at radius 2 is 2.25 bits per heavy atom. The first-order valence-corrected chi connectivity index (χ1v) is 7.71. The number of aliphatic carboxylic acids is 1. The Bertz CT molecular complexity index is 311. The van der Waals surface area contributed by atoms with Crippen LogP contribution < -0.4 is 5.32 Å². The zero-order valence-corrected chi connectivity index (χ0v) is 13.3. The Kier molecular flexibility index (Phi) is 6.92. The number of rotatable bonds is 9. The zero-order valence-electron chi connectivity index (χ0n) is 13.3. The van der Waals surface area contributed by atoms with Crippen LogP contribution in [0.25, 0.3) is 0 Å². The van der Waals surface area contributed by atoms with E-state index in [4.69, 9.17) is 4.74 Å². The largest absolute Gasteiger partial charge is 0.480 e. The Labute approximate surface area is 122 Å². The van der Waals surface area contributed by atoms with E-state index in [-0.39, 0.29) is 6.10 Å². The number of likely N-dealkylation sites (N-methyl/N-ethyl adjacent to an activating group) is 1. The Morgan fingerprint density at radius 3 is 2.75 bits per heavy atom. The van der Waals surface area contributed by atoms with Crippen molar-refractivity contribution in [3.05, 3.63) is 0 Å². The molecular formula is C15H30N2O3. The first kappa shape index (κ1) is 17.4. The van der Waals surface area contributed by atoms with E-state index in [1.807, 2.05) is 6.92 Å². The maximum Gasteiger partial charge on any atom is 0.323 e. The summed E-state index contributed by atoms with van der Waals surface area (Å²) in [5.41, 5.74) is -0.811. The van der Waals surface area contributed by atoms with Crippen molar-refractivity contribution >= 4 is 5.97 Å². The van der Waals surface area contributed by atoms with Gasteiger partial charge in [-0.25, -0.2) is 0 Å². The minimum atomic E-state index is -0.811. The van der Waals surface area contributed by atoms with E-state index in [1.54, 1.807) is 6.92 Å². The zero-order chi connectivity index (χ0) is 15.2. The third kappa shape index (κ3) is 4.72. The number of ether oxygens (including phenoxy) is 1. The SMILES string of the molecule is CCCNC(C)(CCCN(C)C1CCOC1C)C(=O)O. The summed E-state index contributed by atoms with van der Waals surface area (Å²) in [4.78, 5) is 13.7. The molecule has 0 aromatic rings. The van der Waals surface area contributed by atoms with Gasteiger partial charge in [0, 0.05) is 12.6 Å². The van der Waals surface area contributed by atoms with Gasteiger partial charge in [-0.3, -0.25) is 4.79 Å². The molecule has 5 nitrogen and oxygen atoms in total. The molecule has 1 saturated heterocycles. The summed E-state index contributed by atoms with van der Waals surface area (Å²) in [7, 11) is 2.10. The summed E-state index contributed by atoms with van der Waals surface area (Å²) >= 11 is 0. The van der Waals surface area contributed by atoms with Crippen molar-refractivity contribution in [1.82, 2.24) is 10.2 Å². The van der Waals surface area contributed by atoms with Gasteiger partial charge in [-0.15, -0.1) is 0 Å². The Balaban J connectivity index is 2.38. The monoisotopic (exact) mass is 286 g/mol. The van der Waals surface area contributed by atoms with Crippen LogP contribution in [-0.4, -0.2) is 60.4 Å². The van der Waals surface area contributed by atoms with E-state index in [9.17, 15) is 9.90 Å². The summed E-state index contributed by atoms with van der Waals surface area (Å²) in [6.07, 6.45) is 3.82. The molecule has 5 heteroatoms. The van der Waals surface area contributed by atoms with Gasteiger partial charge in [0.2, 0.25) is 0 Å². The van der Waals surface area contributed by atoms with E-state index in [0.29, 0.717) is 12.5 Å². The van der Waals surface area contributed by atoms with Gasteiger partial charge in [-0.1, -0.05) is 6.92 Å². The van der Waals surface area contributed by atoms with Gasteiger partial charge in [-0.2, -0.15) is 0 Å². The molecule has 0 saturated carbocycles. The molecule has 0 aromatic carbocycles. The molecule has 20 heavy (non-hydrogen) atoms. The first-order chi connectivity index (χ1) is 9.40. The molecule has 1 heterocycles. The maximum atomic E-state index is 11.4. The van der Waals surface area contributed by atoms with Crippen molar-refractivity contribution in [1.29, 1.82) is 0 Å². The van der Waals surface area contributed by atoms with E-state index < -0.39 is 11.5 Å². The first-order valence-electron chi connectivity index (χ1n) is 7.71. The van der Waals surface area contributed by atoms with Crippen LogP contribution in [0, 0.1) is 0 Å². The van der Waals surface area contributed by atoms with Crippen molar-refractivity contribution < 1.29 is 14.6 Å². The average Bonchev–Trinajstić information content (AvgIpc) is 2.82. The summed E-state index contributed by atoms with van der Waals surface area (Å²) in [5, 5.41) is 12.5. The van der Waals surface area contributed by atoms with Gasteiger partial charge in [0.25, 0.3) is 0 Å². The molecule has 1 aliphatic heterocycles. The minimum absolute atomic E-state index is 0.282. The number of carboxylic acids is 1. The molecule has 0 bridgehead atoms. The number of hydrogen-bond donors (Lipinski definition) is 2. The number of nitrogens with one attached hydrogen (secondary N) is 1. The number of carboxylic acid groups (broad SMARTS) is 1. The lowest BCUT2D eigenvalue weighted by molar-refractivity contribution is -0.144. The maximum absolute atomic E-state index is 11.4. The molecule has 1 aliphatic rings. The summed E-state index contributed by atoms with van der Waals surface area (Å²) < 4.78 is 5.58. The number of hydrogen-bond acceptors (Lipinski definition) is 4. The van der Waals surface area contributed by atoms with Crippen LogP contribution >= 0.6 is 0 Å². The van der Waals surface area contributed by atoms with E-state index in [0.717, 1.165) is 39.0 Å². The fraction of sp³-hybridized carbons (Fsp3) is 0.933. The lowest BCUT2D eigenvalue weighted by atomic mass is 9.95. The fourth-order valence-electron chi connectivity index (χ4n) is 2.82. The lowest BCUT2D eigenvalue weighted by Gasteiger charge is -2.30. The summed E-state index contributed by atoms with van der Waals surface area (Å²) in [5.74, 6) is -0.758. The average molecular weight is 286 g/mol. The van der Waals surface area contributed by atoms with Gasteiger partial charge in [0.05, 0.1) is 6.10 Å². The summed E-state index contributed by atoms with van der Waals surface area (Å²) in [6.45, 7) is 8.43. The van der Waals surface area contributed by atoms with Crippen molar-refractivity contribution in [2.24, 2.45) is 0 Å². The van der Waals surface area contributed by atoms with Crippen LogP contribution in [0.1, 0.15) is 46.5 Å². The van der Waals surface area contributed by atoms with Crippen LogP contribution in [0.15, 0.2) is 0 Å². The molecule has 118 valence electrons. The second-order valence-corrected chi connectivity index (χ2v) is 6.08. The molecule has 2 N–H and O–H groups in total. The van der Waals surface area contributed by atoms with Gasteiger partial charge in [-0.05, 0) is 59.7 Å². The molecule has 0 spiro atoms. The predicted octanol–water partition coefficient (Wildman–Crippen LogP) is 1.72. The number of nitrogens with zero attached hydrogens (tertiary/aromatic N) is 1. The predicted molar refractivity (Wildman–Crippen MR) is 80.0 cm³/mol. The molecular weight excluding hydrogens is 256 g/mol. The molecule has 3 atom stereocenters. The normalized spacial score (nSPS) is 25.9. The van der Waals surface area contributed by atoms with Crippen LogP contribution in [-0.2, 0) is 9.53 Å². The van der Waals surface area contributed by atoms with Gasteiger partial charge in [0.1, 0.15) is 5.54 Å². The standard InChI is InChI=1S/C15H30N2O3/c1-5-9-16-15(3,14(18)19)8-6-10-17(4)13-7-11-20-12(13)2/h12-13,16H,5-11H2,1-4H3,(H,18,19). The third-order valence-electron chi connectivity index (χ3n) is 4.33. The van der Waals surface area contributed by atoms with Crippen LogP contribution in [0.4, 0.5) is 0 Å². The minimum Gasteiger partial charge on any atom is -0.480 e. The highest BCUT2D eigenvalue weighted by Gasteiger charge is 2.32. The Morgan fingerprint density at radius 1 is 1.55 bits per heavy atom. The highest BCUT2D eigenvalue weighted by Crippen LogP contribution is 2.20. The summed E-state index contributed by atoms with van der Waals surface area (Å²) in [6, 6.07) is 0.467. The van der Waals surface area contributed by atoms with E-state index >= 15 is 0 Å². The van der Waals surface area contributed by atoms with E-state index in [2.05, 4.69) is 24.2 Å². The second kappa shape index (κ2) is 7.96. The van der Waals surface area contributed by atoms with Crippen molar-refractivity contribution in [2.75, 3.05) is 26.7 Å². The van der Waals surface area contributed by atoms with Gasteiger partial charge in [0.15, 0.2) is 0 Å². The molecule has 1 fully saturated rings. The fourth-order valence-corrected chi connectivity index (χ4v) is 2.82. The topological polar surface area (TPSA) is 61.8 Å². The number of carbonyl (C=O) groups is 1. The lowest BCUT2D eigenvalue weighted by Crippen LogP contribution is -2.50. The molecule has 0 amide bonds. The smallest absolute Gasteiger partial charge is 0.323 e. The van der Waals surface area contributed by atoms with E-state index in [1.165, 1.54) is 0 Å². The highest BCUT2D eigenvalue weighted by molar-refractivity contribution is 5.78. The second-order valence-electron chi connectivity index (χ2n) is 6.08. The quantitative estimate of drug-likeness (QED) is 0.676. The molecule has 0 aliphatic carbocycles. The molecule has 3 unspecified atom stereocenters. The van der Waals surface area contributed by atoms with Crippen LogP contribution in [0.2, 0.25) is 0 Å². The molecule has 0 radical (unpaired) electrons. The van der Waals surface area contributed by atoms with Crippen molar-refractivity contribution in [3.63, 3.8) is 0 Å².